The Morgan fingerprint density at radius 3 is 2.43 bits per heavy atom. The highest BCUT2D eigenvalue weighted by Crippen LogP contribution is 2.18. The lowest BCUT2D eigenvalue weighted by Crippen LogP contribution is -2.32. The van der Waals surface area contributed by atoms with Crippen LogP contribution in [0.15, 0.2) is 48.5 Å². The van der Waals surface area contributed by atoms with Gasteiger partial charge < -0.3 is 20.3 Å². The van der Waals surface area contributed by atoms with E-state index < -0.39 is 0 Å². The molecule has 0 saturated heterocycles. The summed E-state index contributed by atoms with van der Waals surface area (Å²) in [4.78, 5) is 13.9. The van der Waals surface area contributed by atoms with Crippen LogP contribution in [-0.4, -0.2) is 26.9 Å². The largest absolute Gasteiger partial charge is 0.473 e. The van der Waals surface area contributed by atoms with Crippen LogP contribution >= 0.6 is 0 Å². The second-order valence-corrected chi connectivity index (χ2v) is 5.32. The molecule has 2 N–H and O–H groups in total. The molecule has 2 amide bonds. The van der Waals surface area contributed by atoms with Gasteiger partial charge in [-0.25, -0.2) is 4.79 Å². The number of anilines is 2. The summed E-state index contributed by atoms with van der Waals surface area (Å²) in [5.41, 5.74) is 2.94. The fourth-order valence-corrected chi connectivity index (χ4v) is 2.13. The van der Waals surface area contributed by atoms with Crippen LogP contribution in [-0.2, 0) is 6.42 Å². The summed E-state index contributed by atoms with van der Waals surface area (Å²) >= 11 is 0. The van der Waals surface area contributed by atoms with Crippen LogP contribution in [0, 0.1) is 0 Å². The van der Waals surface area contributed by atoms with Crippen molar-refractivity contribution in [2.45, 2.75) is 13.3 Å². The molecule has 0 unspecified atom stereocenters. The van der Waals surface area contributed by atoms with Crippen molar-refractivity contribution < 1.29 is 9.53 Å². The van der Waals surface area contributed by atoms with E-state index in [9.17, 15) is 4.79 Å². The van der Waals surface area contributed by atoms with Crippen molar-refractivity contribution in [3.8, 4) is 5.75 Å². The number of hydrogen-bond acceptors (Lipinski definition) is 3. The van der Waals surface area contributed by atoms with Gasteiger partial charge in [0.25, 0.3) is 0 Å². The maximum absolute atomic E-state index is 11.9. The predicted octanol–water partition coefficient (Wildman–Crippen LogP) is 3.47. The Kier molecular flexibility index (Phi) is 5.86. The molecular weight excluding hydrogens is 290 g/mol. The average molecular weight is 313 g/mol. The fraction of sp³-hybridized carbons (Fsp3) is 0.278. The molecule has 0 heterocycles. The molecule has 0 fully saturated rings. The lowest BCUT2D eigenvalue weighted by molar-refractivity contribution is 0.234. The van der Waals surface area contributed by atoms with E-state index in [2.05, 4.69) is 17.6 Å². The number of carbonyl (C=O) groups excluding carboxylic acids is 1. The summed E-state index contributed by atoms with van der Waals surface area (Å²) in [5.74, 6) is 0.797. The van der Waals surface area contributed by atoms with E-state index in [1.807, 2.05) is 67.5 Å². The number of nitrogens with zero attached hydrogens (tertiary/aromatic N) is 1. The second kappa shape index (κ2) is 8.08. The fourth-order valence-electron chi connectivity index (χ4n) is 2.13. The van der Waals surface area contributed by atoms with Crippen LogP contribution in [0.2, 0.25) is 0 Å². The van der Waals surface area contributed by atoms with Gasteiger partial charge in [-0.2, -0.15) is 0 Å². The van der Waals surface area contributed by atoms with Gasteiger partial charge in [-0.3, -0.25) is 0 Å². The molecule has 122 valence electrons. The van der Waals surface area contributed by atoms with Gasteiger partial charge in [0.1, 0.15) is 5.75 Å². The molecule has 2 rings (SSSR count). The van der Waals surface area contributed by atoms with Crippen molar-refractivity contribution in [3.05, 3.63) is 54.1 Å². The Morgan fingerprint density at radius 2 is 1.78 bits per heavy atom. The quantitative estimate of drug-likeness (QED) is 0.803. The third kappa shape index (κ3) is 4.92. The molecule has 0 aliphatic heterocycles. The summed E-state index contributed by atoms with van der Waals surface area (Å²) in [7, 11) is 3.95. The SMILES string of the molecule is CCc1ccccc1OCNC(=O)Nc1ccc(N(C)C)cc1. The molecule has 23 heavy (non-hydrogen) atoms. The molecule has 0 saturated carbocycles. The topological polar surface area (TPSA) is 53.6 Å². The van der Waals surface area contributed by atoms with Crippen molar-refractivity contribution in [1.82, 2.24) is 5.32 Å². The molecule has 0 aromatic heterocycles. The van der Waals surface area contributed by atoms with E-state index in [-0.39, 0.29) is 12.8 Å². The summed E-state index contributed by atoms with van der Waals surface area (Å²) in [5, 5.41) is 5.46. The monoisotopic (exact) mass is 313 g/mol. The Balaban J connectivity index is 1.81. The first-order valence-electron chi connectivity index (χ1n) is 7.63. The van der Waals surface area contributed by atoms with Gasteiger partial charge in [-0.05, 0) is 42.3 Å². The number of rotatable bonds is 6. The lowest BCUT2D eigenvalue weighted by Gasteiger charge is -2.14. The van der Waals surface area contributed by atoms with Crippen LogP contribution in [0.1, 0.15) is 12.5 Å². The number of ether oxygens (including phenoxy) is 1. The molecule has 0 spiro atoms. The van der Waals surface area contributed by atoms with Crippen molar-refractivity contribution in [1.29, 1.82) is 0 Å². The maximum atomic E-state index is 11.9. The zero-order chi connectivity index (χ0) is 16.7. The third-order valence-corrected chi connectivity index (χ3v) is 3.46. The molecule has 2 aromatic rings. The van der Waals surface area contributed by atoms with Crippen molar-refractivity contribution in [2.75, 3.05) is 31.0 Å². The summed E-state index contributed by atoms with van der Waals surface area (Å²) in [6.45, 7) is 2.19. The first-order chi connectivity index (χ1) is 11.1. The van der Waals surface area contributed by atoms with Crippen LogP contribution in [0.5, 0.6) is 5.75 Å². The molecule has 0 aliphatic carbocycles. The Bertz CT molecular complexity index is 639. The minimum absolute atomic E-state index is 0.124. The smallest absolute Gasteiger partial charge is 0.321 e. The van der Waals surface area contributed by atoms with Crippen LogP contribution in [0.25, 0.3) is 0 Å². The Hall–Kier alpha value is -2.69. The standard InChI is InChI=1S/C18H23N3O2/c1-4-14-7-5-6-8-17(14)23-13-19-18(22)20-15-9-11-16(12-10-15)21(2)3/h5-12H,4,13H2,1-3H3,(H2,19,20,22). The minimum Gasteiger partial charge on any atom is -0.473 e. The second-order valence-electron chi connectivity index (χ2n) is 5.32. The van der Waals surface area contributed by atoms with Gasteiger partial charge in [-0.15, -0.1) is 0 Å². The van der Waals surface area contributed by atoms with Gasteiger partial charge >= 0.3 is 6.03 Å². The van der Waals surface area contributed by atoms with E-state index in [0.717, 1.165) is 29.1 Å². The maximum Gasteiger partial charge on any atom is 0.321 e. The van der Waals surface area contributed by atoms with Crippen LogP contribution in [0.4, 0.5) is 16.2 Å². The van der Waals surface area contributed by atoms with E-state index in [4.69, 9.17) is 4.74 Å². The zero-order valence-electron chi connectivity index (χ0n) is 13.8. The van der Waals surface area contributed by atoms with Gasteiger partial charge in [0.2, 0.25) is 0 Å². The van der Waals surface area contributed by atoms with Gasteiger partial charge in [-0.1, -0.05) is 25.1 Å². The van der Waals surface area contributed by atoms with E-state index in [1.54, 1.807) is 0 Å². The zero-order valence-corrected chi connectivity index (χ0v) is 13.8. The number of aryl methyl sites for hydroxylation is 1. The van der Waals surface area contributed by atoms with Crippen molar-refractivity contribution in [3.63, 3.8) is 0 Å². The minimum atomic E-state index is -0.295. The highest BCUT2D eigenvalue weighted by molar-refractivity contribution is 5.89. The number of amides is 2. The van der Waals surface area contributed by atoms with Gasteiger partial charge in [0.05, 0.1) is 0 Å². The molecule has 5 nitrogen and oxygen atoms in total. The summed E-state index contributed by atoms with van der Waals surface area (Å²) in [6, 6.07) is 15.1. The number of carbonyl (C=O) groups is 1. The third-order valence-electron chi connectivity index (χ3n) is 3.46. The number of para-hydroxylation sites is 1. The summed E-state index contributed by atoms with van der Waals surface area (Å²) < 4.78 is 5.61. The molecule has 0 bridgehead atoms. The number of hydrogen-bond donors (Lipinski definition) is 2. The van der Waals surface area contributed by atoms with Crippen molar-refractivity contribution in [2.24, 2.45) is 0 Å². The average Bonchev–Trinajstić information content (AvgIpc) is 2.55. The van der Waals surface area contributed by atoms with E-state index in [0.29, 0.717) is 0 Å². The highest BCUT2D eigenvalue weighted by atomic mass is 16.5. The summed E-state index contributed by atoms with van der Waals surface area (Å²) in [6.07, 6.45) is 0.889. The molecular formula is C18H23N3O2. The molecule has 0 radical (unpaired) electrons. The normalized spacial score (nSPS) is 10.0. The van der Waals surface area contributed by atoms with Gasteiger partial charge in [0.15, 0.2) is 6.73 Å². The molecule has 0 atom stereocenters. The first-order valence-corrected chi connectivity index (χ1v) is 7.63. The number of benzene rings is 2. The Labute approximate surface area is 137 Å². The lowest BCUT2D eigenvalue weighted by atomic mass is 10.1. The molecule has 5 heteroatoms. The molecule has 2 aromatic carbocycles. The molecule has 0 aliphatic rings. The van der Waals surface area contributed by atoms with E-state index in [1.165, 1.54) is 0 Å². The van der Waals surface area contributed by atoms with Gasteiger partial charge in [0, 0.05) is 25.5 Å². The number of nitrogens with one attached hydrogen (secondary N) is 2. The van der Waals surface area contributed by atoms with Crippen LogP contribution < -0.4 is 20.3 Å². The van der Waals surface area contributed by atoms with E-state index >= 15 is 0 Å². The first kappa shape index (κ1) is 16.7. The highest BCUT2D eigenvalue weighted by Gasteiger charge is 2.04. The number of urea groups is 1. The predicted molar refractivity (Wildman–Crippen MR) is 94.2 cm³/mol. The van der Waals surface area contributed by atoms with Crippen molar-refractivity contribution >= 4 is 17.4 Å². The Morgan fingerprint density at radius 1 is 1.09 bits per heavy atom. The van der Waals surface area contributed by atoms with Crippen LogP contribution in [0.3, 0.4) is 0 Å².